The molecule has 0 saturated heterocycles. The molecule has 0 amide bonds. The van der Waals surface area contributed by atoms with E-state index >= 15 is 0 Å². The number of aromatic nitrogens is 3. The molecule has 9 nitrogen and oxygen atoms in total. The second-order valence-corrected chi connectivity index (χ2v) is 9.28. The number of nitrogens with two attached hydrogens (primary N) is 1. The zero-order valence-electron chi connectivity index (χ0n) is 16.0. The first-order chi connectivity index (χ1) is 14.8. The second kappa shape index (κ2) is 7.01. The van der Waals surface area contributed by atoms with Gasteiger partial charge in [0.15, 0.2) is 5.82 Å². The molecule has 4 heterocycles. The number of nitrogens with zero attached hydrogens (tertiary/aromatic N) is 3. The third-order valence-corrected chi connectivity index (χ3v) is 6.54. The molecule has 1 aromatic carbocycles. The molecule has 11 heteroatoms. The lowest BCUT2D eigenvalue weighted by Crippen LogP contribution is -2.23. The summed E-state index contributed by atoms with van der Waals surface area (Å²) in [6.07, 6.45) is 3.17. The highest BCUT2D eigenvalue weighted by molar-refractivity contribution is 7.89. The first-order valence-corrected chi connectivity index (χ1v) is 11.3. The van der Waals surface area contributed by atoms with E-state index in [9.17, 15) is 13.2 Å². The van der Waals surface area contributed by atoms with Crippen molar-refractivity contribution in [2.45, 2.75) is 11.8 Å². The van der Waals surface area contributed by atoms with Crippen molar-refractivity contribution in [3.8, 4) is 22.7 Å². The molecule has 5 aromatic rings. The molecule has 2 N–H and O–H groups in total. The number of sulfonamides is 1. The van der Waals surface area contributed by atoms with E-state index in [2.05, 4.69) is 10.1 Å². The Morgan fingerprint density at radius 2 is 1.90 bits per heavy atom. The summed E-state index contributed by atoms with van der Waals surface area (Å²) in [6.45, 7) is 1.80. The van der Waals surface area contributed by atoms with Crippen molar-refractivity contribution in [3.05, 3.63) is 75.1 Å². The van der Waals surface area contributed by atoms with E-state index in [1.807, 2.05) is 0 Å². The van der Waals surface area contributed by atoms with Crippen molar-refractivity contribution in [1.29, 1.82) is 0 Å². The highest BCUT2D eigenvalue weighted by atomic mass is 32.2. The molecule has 0 aliphatic heterocycles. The van der Waals surface area contributed by atoms with Crippen molar-refractivity contribution >= 4 is 32.4 Å². The maximum Gasteiger partial charge on any atom is 0.291 e. The van der Waals surface area contributed by atoms with Crippen LogP contribution in [-0.4, -0.2) is 23.0 Å². The quantitative estimate of drug-likeness (QED) is 0.440. The molecule has 0 spiro atoms. The first kappa shape index (κ1) is 19.4. The van der Waals surface area contributed by atoms with Gasteiger partial charge in [-0.15, -0.1) is 5.10 Å². The fourth-order valence-corrected chi connectivity index (χ4v) is 4.49. The van der Waals surface area contributed by atoms with Crippen LogP contribution in [0.1, 0.15) is 11.5 Å². The lowest BCUT2D eigenvalue weighted by Gasteiger charge is -2.00. The lowest BCUT2D eigenvalue weighted by molar-refractivity contribution is 0.535. The minimum absolute atomic E-state index is 0.0185. The molecule has 31 heavy (non-hydrogen) atoms. The summed E-state index contributed by atoms with van der Waals surface area (Å²) in [7, 11) is -3.76. The molecular weight excluding hydrogens is 440 g/mol. The summed E-state index contributed by atoms with van der Waals surface area (Å²) in [5, 5.41) is 9.41. The molecule has 0 aliphatic carbocycles. The van der Waals surface area contributed by atoms with Gasteiger partial charge < -0.3 is 8.83 Å². The average Bonchev–Trinajstić information content (AvgIpc) is 3.49. The molecule has 0 aliphatic rings. The molecule has 156 valence electrons. The summed E-state index contributed by atoms with van der Waals surface area (Å²) < 4.78 is 35.5. The lowest BCUT2D eigenvalue weighted by atomic mass is 10.2. The molecule has 4 aromatic heterocycles. The fraction of sp³-hybridized carbons (Fsp3) is 0.0500. The van der Waals surface area contributed by atoms with Gasteiger partial charge in [0.2, 0.25) is 15.0 Å². The number of primary sulfonamides is 1. The van der Waals surface area contributed by atoms with Crippen LogP contribution in [0.2, 0.25) is 0 Å². The molecular formula is C20H14N4O5S2. The number of thiazole rings is 1. The molecule has 0 fully saturated rings. The van der Waals surface area contributed by atoms with Crippen molar-refractivity contribution in [3.63, 3.8) is 0 Å². The van der Waals surface area contributed by atoms with Gasteiger partial charge in [0.1, 0.15) is 21.8 Å². The maximum atomic E-state index is 12.7. The van der Waals surface area contributed by atoms with Crippen LogP contribution in [0, 0.1) is 6.92 Å². The number of fused-ring (bicyclic) bond motifs is 1. The predicted octanol–water partition coefficient (Wildman–Crippen LogP) is 2.17. The van der Waals surface area contributed by atoms with Crippen LogP contribution in [0.25, 0.3) is 33.7 Å². The fourth-order valence-electron chi connectivity index (χ4n) is 3.09. The van der Waals surface area contributed by atoms with Crippen LogP contribution in [0.4, 0.5) is 0 Å². The average molecular weight is 454 g/mol. The molecule has 5 rings (SSSR count). The van der Waals surface area contributed by atoms with Crippen LogP contribution in [0.3, 0.4) is 0 Å². The van der Waals surface area contributed by atoms with Crippen molar-refractivity contribution in [2.24, 2.45) is 5.14 Å². The normalized spacial score (nSPS) is 12.8. The summed E-state index contributed by atoms with van der Waals surface area (Å²) in [4.78, 5) is 17.6. The van der Waals surface area contributed by atoms with E-state index in [0.717, 1.165) is 5.56 Å². The molecule has 0 bridgehead atoms. The van der Waals surface area contributed by atoms with Gasteiger partial charge in [-0.05, 0) is 49.4 Å². The Kier molecular flexibility index (Phi) is 4.39. The van der Waals surface area contributed by atoms with Crippen LogP contribution < -0.4 is 15.2 Å². The third kappa shape index (κ3) is 3.48. The van der Waals surface area contributed by atoms with Crippen molar-refractivity contribution < 1.29 is 17.3 Å². The van der Waals surface area contributed by atoms with E-state index in [-0.39, 0.29) is 10.5 Å². The Labute approximate surface area is 179 Å². The molecule has 0 unspecified atom stereocenters. The first-order valence-electron chi connectivity index (χ1n) is 8.98. The molecule has 0 saturated carbocycles. The monoisotopic (exact) mass is 454 g/mol. The van der Waals surface area contributed by atoms with E-state index in [4.69, 9.17) is 14.0 Å². The van der Waals surface area contributed by atoms with Crippen LogP contribution in [0.15, 0.2) is 67.3 Å². The Balaban J connectivity index is 1.48. The zero-order valence-corrected chi connectivity index (χ0v) is 17.6. The second-order valence-electron chi connectivity index (χ2n) is 6.71. The predicted molar refractivity (Wildman–Crippen MR) is 114 cm³/mol. The SMILES string of the molecule is Cc1occc1-c1nc2sc(=Cc3ccc(-c4ccc(S(N)(=O)=O)cc4)o3)c(=O)n2n1. The van der Waals surface area contributed by atoms with E-state index < -0.39 is 10.0 Å². The highest BCUT2D eigenvalue weighted by Crippen LogP contribution is 2.24. The van der Waals surface area contributed by atoms with Gasteiger partial charge in [0.05, 0.1) is 16.7 Å². The van der Waals surface area contributed by atoms with Crippen LogP contribution in [0.5, 0.6) is 0 Å². The number of aryl methyl sites for hydroxylation is 1. The van der Waals surface area contributed by atoms with Gasteiger partial charge in [-0.1, -0.05) is 11.3 Å². The Bertz CT molecular complexity index is 1640. The topological polar surface area (TPSA) is 134 Å². The highest BCUT2D eigenvalue weighted by Gasteiger charge is 2.15. The third-order valence-electron chi connectivity index (χ3n) is 4.65. The number of benzene rings is 1. The Hall–Kier alpha value is -3.54. The minimum Gasteiger partial charge on any atom is -0.469 e. The van der Waals surface area contributed by atoms with Gasteiger partial charge in [-0.25, -0.2) is 13.6 Å². The smallest absolute Gasteiger partial charge is 0.291 e. The van der Waals surface area contributed by atoms with Gasteiger partial charge in [-0.2, -0.15) is 9.50 Å². The standard InChI is InChI=1S/C20H14N4O5S2/c1-11-15(8-9-28-11)18-22-20-24(23-18)19(25)17(30-20)10-13-4-7-16(29-13)12-2-5-14(6-3-12)31(21,26)27/h2-10H,1H3,(H2,21,26,27). The molecule has 0 radical (unpaired) electrons. The number of hydrogen-bond acceptors (Lipinski definition) is 8. The Morgan fingerprint density at radius 1 is 1.13 bits per heavy atom. The largest absolute Gasteiger partial charge is 0.469 e. The van der Waals surface area contributed by atoms with Gasteiger partial charge in [0.25, 0.3) is 5.56 Å². The summed E-state index contributed by atoms with van der Waals surface area (Å²) in [5.74, 6) is 2.11. The van der Waals surface area contributed by atoms with Crippen molar-refractivity contribution in [2.75, 3.05) is 0 Å². The van der Waals surface area contributed by atoms with Gasteiger partial charge >= 0.3 is 0 Å². The summed E-state index contributed by atoms with van der Waals surface area (Å²) in [5.41, 5.74) is 1.12. The van der Waals surface area contributed by atoms with E-state index in [0.29, 0.717) is 38.2 Å². The van der Waals surface area contributed by atoms with E-state index in [1.54, 1.807) is 49.6 Å². The van der Waals surface area contributed by atoms with Crippen molar-refractivity contribution in [1.82, 2.24) is 14.6 Å². The maximum absolute atomic E-state index is 12.7. The van der Waals surface area contributed by atoms with Crippen LogP contribution >= 0.6 is 11.3 Å². The summed E-state index contributed by atoms with van der Waals surface area (Å²) >= 11 is 1.20. The minimum atomic E-state index is -3.76. The number of rotatable bonds is 4. The van der Waals surface area contributed by atoms with E-state index in [1.165, 1.54) is 28.0 Å². The van der Waals surface area contributed by atoms with Gasteiger partial charge in [-0.3, -0.25) is 4.79 Å². The molecule has 0 atom stereocenters. The Morgan fingerprint density at radius 3 is 2.55 bits per heavy atom. The zero-order chi connectivity index (χ0) is 21.8. The number of hydrogen-bond donors (Lipinski definition) is 1. The number of furan rings is 2. The summed E-state index contributed by atoms with van der Waals surface area (Å²) in [6, 6.07) is 11.2. The van der Waals surface area contributed by atoms with Gasteiger partial charge in [0, 0.05) is 11.6 Å². The van der Waals surface area contributed by atoms with Crippen LogP contribution in [-0.2, 0) is 10.0 Å².